The van der Waals surface area contributed by atoms with Crippen LogP contribution >= 0.6 is 0 Å². The van der Waals surface area contributed by atoms with Gasteiger partial charge in [0.1, 0.15) is 5.76 Å². The van der Waals surface area contributed by atoms with Crippen molar-refractivity contribution < 1.29 is 4.42 Å². The van der Waals surface area contributed by atoms with Gasteiger partial charge in [-0.25, -0.2) is 4.98 Å². The van der Waals surface area contributed by atoms with E-state index in [4.69, 9.17) is 4.42 Å². The van der Waals surface area contributed by atoms with E-state index in [-0.39, 0.29) is 6.04 Å². The number of oxazole rings is 1. The summed E-state index contributed by atoms with van der Waals surface area (Å²) in [6.45, 7) is 6.60. The molecule has 0 aromatic carbocycles. The van der Waals surface area contributed by atoms with Crippen molar-refractivity contribution in [3.63, 3.8) is 0 Å². The average molecular weight is 231 g/mol. The summed E-state index contributed by atoms with van der Waals surface area (Å²) in [6, 6.07) is 4.22. The molecule has 0 fully saturated rings. The predicted molar refractivity (Wildman–Crippen MR) is 65.5 cm³/mol. The second-order valence-electron chi connectivity index (χ2n) is 4.14. The maximum Gasteiger partial charge on any atom is 0.208 e. The summed E-state index contributed by atoms with van der Waals surface area (Å²) in [7, 11) is 0. The molecule has 90 valence electrons. The molecule has 2 aromatic heterocycles. The topological polar surface area (TPSA) is 51.0 Å². The first kappa shape index (κ1) is 11.8. The van der Waals surface area contributed by atoms with Crippen LogP contribution in [0.3, 0.4) is 0 Å². The summed E-state index contributed by atoms with van der Waals surface area (Å²) in [5, 5.41) is 3.36. The summed E-state index contributed by atoms with van der Waals surface area (Å²) in [5.74, 6) is 1.62. The lowest BCUT2D eigenvalue weighted by molar-refractivity contribution is 0.432. The molecule has 17 heavy (non-hydrogen) atoms. The van der Waals surface area contributed by atoms with Gasteiger partial charge in [0.2, 0.25) is 5.89 Å². The Bertz CT molecular complexity index is 459. The standard InChI is InChI=1S/C13H17N3O/c1-9-11(3)17-13(16-9)8-15-10(2)12-5-4-6-14-7-12/h4-7,10,15H,8H2,1-3H3/t10-/m0/s1. The molecular formula is C13H17N3O. The van der Waals surface area contributed by atoms with E-state index < -0.39 is 0 Å². The lowest BCUT2D eigenvalue weighted by Gasteiger charge is -2.11. The quantitative estimate of drug-likeness (QED) is 0.878. The monoisotopic (exact) mass is 231 g/mol. The second kappa shape index (κ2) is 5.10. The molecule has 0 saturated carbocycles. The average Bonchev–Trinajstić information content (AvgIpc) is 2.67. The smallest absolute Gasteiger partial charge is 0.208 e. The molecule has 0 aliphatic carbocycles. The number of hydrogen-bond donors (Lipinski definition) is 1. The van der Waals surface area contributed by atoms with Gasteiger partial charge in [-0.05, 0) is 32.4 Å². The van der Waals surface area contributed by atoms with Gasteiger partial charge in [-0.3, -0.25) is 4.98 Å². The molecule has 0 bridgehead atoms. The number of aromatic nitrogens is 2. The number of nitrogens with zero attached hydrogens (tertiary/aromatic N) is 2. The largest absolute Gasteiger partial charge is 0.444 e. The Balaban J connectivity index is 1.94. The Morgan fingerprint density at radius 1 is 1.41 bits per heavy atom. The molecule has 2 heterocycles. The van der Waals surface area contributed by atoms with Crippen molar-refractivity contribution in [3.05, 3.63) is 47.4 Å². The summed E-state index contributed by atoms with van der Waals surface area (Å²) in [5.41, 5.74) is 2.11. The van der Waals surface area contributed by atoms with Crippen molar-refractivity contribution >= 4 is 0 Å². The molecule has 4 nitrogen and oxygen atoms in total. The Morgan fingerprint density at radius 3 is 2.82 bits per heavy atom. The first-order valence-electron chi connectivity index (χ1n) is 5.73. The van der Waals surface area contributed by atoms with E-state index >= 15 is 0 Å². The van der Waals surface area contributed by atoms with Crippen LogP contribution in [0.15, 0.2) is 28.9 Å². The number of hydrogen-bond acceptors (Lipinski definition) is 4. The van der Waals surface area contributed by atoms with Crippen molar-refractivity contribution in [1.29, 1.82) is 0 Å². The number of pyridine rings is 1. The first-order chi connectivity index (χ1) is 8.16. The minimum atomic E-state index is 0.233. The van der Waals surface area contributed by atoms with Gasteiger partial charge >= 0.3 is 0 Å². The van der Waals surface area contributed by atoms with Crippen LogP contribution in [0, 0.1) is 13.8 Å². The van der Waals surface area contributed by atoms with Crippen molar-refractivity contribution in [2.24, 2.45) is 0 Å². The Hall–Kier alpha value is -1.68. The van der Waals surface area contributed by atoms with Gasteiger partial charge in [-0.1, -0.05) is 6.07 Å². The van der Waals surface area contributed by atoms with Gasteiger partial charge in [0.25, 0.3) is 0 Å². The zero-order valence-corrected chi connectivity index (χ0v) is 10.4. The Kier molecular flexibility index (Phi) is 3.54. The van der Waals surface area contributed by atoms with E-state index in [0.29, 0.717) is 6.54 Å². The molecule has 0 saturated heterocycles. The molecule has 4 heteroatoms. The highest BCUT2D eigenvalue weighted by molar-refractivity contribution is 5.13. The fourth-order valence-electron chi connectivity index (χ4n) is 1.61. The van der Waals surface area contributed by atoms with Gasteiger partial charge in [-0.2, -0.15) is 0 Å². The van der Waals surface area contributed by atoms with Crippen LogP contribution in [0.5, 0.6) is 0 Å². The second-order valence-corrected chi connectivity index (χ2v) is 4.14. The Labute approximate surface area is 101 Å². The van der Waals surface area contributed by atoms with E-state index in [2.05, 4.69) is 28.3 Å². The van der Waals surface area contributed by atoms with Gasteiger partial charge < -0.3 is 9.73 Å². The molecule has 2 aromatic rings. The van der Waals surface area contributed by atoms with Crippen LogP contribution in [0.4, 0.5) is 0 Å². The van der Waals surface area contributed by atoms with Crippen LogP contribution in [0.1, 0.15) is 35.9 Å². The lowest BCUT2D eigenvalue weighted by Crippen LogP contribution is -2.18. The highest BCUT2D eigenvalue weighted by Crippen LogP contribution is 2.12. The van der Waals surface area contributed by atoms with Crippen molar-refractivity contribution in [3.8, 4) is 0 Å². The summed E-state index contributed by atoms with van der Waals surface area (Å²) in [6.07, 6.45) is 3.64. The zero-order chi connectivity index (χ0) is 12.3. The highest BCUT2D eigenvalue weighted by atomic mass is 16.4. The van der Waals surface area contributed by atoms with Gasteiger partial charge in [0.15, 0.2) is 0 Å². The molecule has 0 radical (unpaired) electrons. The molecule has 1 N–H and O–H groups in total. The third-order valence-electron chi connectivity index (χ3n) is 2.82. The van der Waals surface area contributed by atoms with Crippen molar-refractivity contribution in [1.82, 2.24) is 15.3 Å². The molecule has 1 atom stereocenters. The number of nitrogens with one attached hydrogen (secondary N) is 1. The van der Waals surface area contributed by atoms with Crippen LogP contribution in [0.2, 0.25) is 0 Å². The van der Waals surface area contributed by atoms with E-state index in [9.17, 15) is 0 Å². The van der Waals surface area contributed by atoms with Crippen molar-refractivity contribution in [2.45, 2.75) is 33.4 Å². The van der Waals surface area contributed by atoms with Gasteiger partial charge in [0, 0.05) is 18.4 Å². The summed E-state index contributed by atoms with van der Waals surface area (Å²) in [4.78, 5) is 8.43. The van der Waals surface area contributed by atoms with Gasteiger partial charge in [-0.15, -0.1) is 0 Å². The summed E-state index contributed by atoms with van der Waals surface area (Å²) < 4.78 is 5.51. The van der Waals surface area contributed by atoms with Crippen LogP contribution < -0.4 is 5.32 Å². The maximum absolute atomic E-state index is 5.51. The fourth-order valence-corrected chi connectivity index (χ4v) is 1.61. The predicted octanol–water partition coefficient (Wildman–Crippen LogP) is 2.54. The molecular weight excluding hydrogens is 214 g/mol. The third-order valence-corrected chi connectivity index (χ3v) is 2.82. The molecule has 0 aliphatic heterocycles. The van der Waals surface area contributed by atoms with E-state index in [0.717, 1.165) is 22.9 Å². The Morgan fingerprint density at radius 2 is 2.24 bits per heavy atom. The van der Waals surface area contributed by atoms with Crippen LogP contribution in [-0.2, 0) is 6.54 Å². The van der Waals surface area contributed by atoms with E-state index in [1.54, 1.807) is 6.20 Å². The zero-order valence-electron chi connectivity index (χ0n) is 10.4. The van der Waals surface area contributed by atoms with E-state index in [1.807, 2.05) is 26.1 Å². The molecule has 2 rings (SSSR count). The van der Waals surface area contributed by atoms with Crippen LogP contribution in [0.25, 0.3) is 0 Å². The first-order valence-corrected chi connectivity index (χ1v) is 5.73. The number of rotatable bonds is 4. The lowest BCUT2D eigenvalue weighted by atomic mass is 10.1. The SMILES string of the molecule is Cc1nc(CN[C@@H](C)c2cccnc2)oc1C. The molecule has 0 spiro atoms. The summed E-state index contributed by atoms with van der Waals surface area (Å²) >= 11 is 0. The van der Waals surface area contributed by atoms with Gasteiger partial charge in [0.05, 0.1) is 12.2 Å². The maximum atomic E-state index is 5.51. The fraction of sp³-hybridized carbons (Fsp3) is 0.385. The van der Waals surface area contributed by atoms with Crippen molar-refractivity contribution in [2.75, 3.05) is 0 Å². The normalized spacial score (nSPS) is 12.6. The van der Waals surface area contributed by atoms with E-state index in [1.165, 1.54) is 0 Å². The minimum absolute atomic E-state index is 0.233. The third kappa shape index (κ3) is 2.91. The van der Waals surface area contributed by atoms with Crippen LogP contribution in [-0.4, -0.2) is 9.97 Å². The molecule has 0 unspecified atom stereocenters. The number of aryl methyl sites for hydroxylation is 2. The highest BCUT2D eigenvalue weighted by Gasteiger charge is 2.08. The molecule has 0 aliphatic rings. The minimum Gasteiger partial charge on any atom is -0.444 e. The molecule has 0 amide bonds.